The SMILES string of the molecule is Cc1cccc2nc(/C(N)=N/O)nc(N3CCCCC3c3cc4nc(N5CCC5)cc(N5CCOCC5)n4n3)c12. The van der Waals surface area contributed by atoms with Crippen molar-refractivity contribution in [3.63, 3.8) is 0 Å². The van der Waals surface area contributed by atoms with Crippen molar-refractivity contribution < 1.29 is 9.94 Å². The van der Waals surface area contributed by atoms with Crippen molar-refractivity contribution in [3.05, 3.63) is 47.4 Å². The van der Waals surface area contributed by atoms with Crippen LogP contribution in [0.2, 0.25) is 0 Å². The molecular formula is C28H34N10O2. The zero-order valence-electron chi connectivity index (χ0n) is 22.7. The lowest BCUT2D eigenvalue weighted by Crippen LogP contribution is -2.40. The van der Waals surface area contributed by atoms with E-state index in [0.717, 1.165) is 97.2 Å². The highest BCUT2D eigenvalue weighted by atomic mass is 16.5. The van der Waals surface area contributed by atoms with Crippen LogP contribution < -0.4 is 20.4 Å². The standard InChI is InChI=1S/C28H34N10O2/c1-18-6-4-7-19-25(18)28(32-27(30-19)26(29)34-39)37-11-3-2-8-21(37)20-16-23-31-22(35-9-5-10-35)17-24(38(23)33-20)36-12-14-40-15-13-36/h4,6-7,16-17,21,39H,2-3,5,8-15H2,1H3,(H2,29,34). The maximum Gasteiger partial charge on any atom is 0.208 e. The number of hydrogen-bond donors (Lipinski definition) is 2. The normalized spacial score (nSPS) is 20.4. The van der Waals surface area contributed by atoms with Crippen LogP contribution in [0.25, 0.3) is 16.6 Å². The zero-order valence-corrected chi connectivity index (χ0v) is 22.7. The Labute approximate surface area is 232 Å². The molecule has 12 nitrogen and oxygen atoms in total. The number of piperidine rings is 1. The highest BCUT2D eigenvalue weighted by Gasteiger charge is 2.31. The second-order valence-corrected chi connectivity index (χ2v) is 10.8. The molecule has 4 aromatic rings. The van der Waals surface area contributed by atoms with E-state index in [4.69, 9.17) is 25.5 Å². The molecule has 0 saturated carbocycles. The average Bonchev–Trinajstić information content (AvgIpc) is 3.39. The van der Waals surface area contributed by atoms with Gasteiger partial charge in [-0.25, -0.2) is 15.0 Å². The molecule has 3 aliphatic rings. The number of fused-ring (bicyclic) bond motifs is 2. The van der Waals surface area contributed by atoms with E-state index in [2.05, 4.69) is 50.0 Å². The lowest BCUT2D eigenvalue weighted by molar-refractivity contribution is 0.122. The second kappa shape index (κ2) is 10.1. The first-order valence-electron chi connectivity index (χ1n) is 14.1. The Morgan fingerprint density at radius 1 is 1.00 bits per heavy atom. The smallest absolute Gasteiger partial charge is 0.208 e. The van der Waals surface area contributed by atoms with Crippen LogP contribution in [0.4, 0.5) is 17.5 Å². The summed E-state index contributed by atoms with van der Waals surface area (Å²) in [4.78, 5) is 21.5. The maximum atomic E-state index is 9.38. The van der Waals surface area contributed by atoms with Crippen molar-refractivity contribution >= 4 is 39.8 Å². The number of nitrogens with two attached hydrogens (primary N) is 1. The van der Waals surface area contributed by atoms with Gasteiger partial charge in [0.25, 0.3) is 0 Å². The number of morpholine rings is 1. The van der Waals surface area contributed by atoms with E-state index >= 15 is 0 Å². The van der Waals surface area contributed by atoms with Crippen molar-refractivity contribution in [1.82, 2.24) is 24.6 Å². The highest BCUT2D eigenvalue weighted by Crippen LogP contribution is 2.38. The van der Waals surface area contributed by atoms with Crippen molar-refractivity contribution in [3.8, 4) is 0 Å². The van der Waals surface area contributed by atoms with Crippen LogP contribution >= 0.6 is 0 Å². The molecule has 1 aromatic carbocycles. The van der Waals surface area contributed by atoms with Gasteiger partial charge in [0.1, 0.15) is 17.5 Å². The maximum absolute atomic E-state index is 9.38. The van der Waals surface area contributed by atoms with Gasteiger partial charge in [-0.2, -0.15) is 9.61 Å². The summed E-state index contributed by atoms with van der Waals surface area (Å²) in [6, 6.07) is 10.3. The Balaban J connectivity index is 1.36. The molecule has 3 aliphatic heterocycles. The van der Waals surface area contributed by atoms with Gasteiger partial charge in [-0.05, 0) is 44.2 Å². The minimum absolute atomic E-state index is 0.00158. The molecule has 1 unspecified atom stereocenters. The van der Waals surface area contributed by atoms with Crippen LogP contribution in [0.5, 0.6) is 0 Å². The van der Waals surface area contributed by atoms with Crippen LogP contribution in [-0.2, 0) is 4.74 Å². The van der Waals surface area contributed by atoms with E-state index in [-0.39, 0.29) is 17.7 Å². The van der Waals surface area contributed by atoms with Gasteiger partial charge in [-0.3, -0.25) is 0 Å². The van der Waals surface area contributed by atoms with Crippen LogP contribution in [0.3, 0.4) is 0 Å². The van der Waals surface area contributed by atoms with Gasteiger partial charge in [0.15, 0.2) is 5.65 Å². The zero-order chi connectivity index (χ0) is 27.2. The number of amidine groups is 1. The van der Waals surface area contributed by atoms with Crippen molar-refractivity contribution in [2.45, 2.75) is 38.6 Å². The van der Waals surface area contributed by atoms with E-state index in [9.17, 15) is 5.21 Å². The van der Waals surface area contributed by atoms with E-state index in [1.54, 1.807) is 0 Å². The van der Waals surface area contributed by atoms with Crippen LogP contribution in [0.15, 0.2) is 35.5 Å². The van der Waals surface area contributed by atoms with Crippen molar-refractivity contribution in [2.24, 2.45) is 10.9 Å². The summed E-state index contributed by atoms with van der Waals surface area (Å²) in [5, 5.41) is 18.7. The molecule has 0 bridgehead atoms. The van der Waals surface area contributed by atoms with Crippen LogP contribution in [0.1, 0.15) is 48.8 Å². The number of aryl methyl sites for hydroxylation is 1. The number of rotatable bonds is 5. The molecule has 0 aliphatic carbocycles. The van der Waals surface area contributed by atoms with Gasteiger partial charge in [-0.15, -0.1) is 0 Å². The predicted molar refractivity (Wildman–Crippen MR) is 154 cm³/mol. The summed E-state index contributed by atoms with van der Waals surface area (Å²) in [6.07, 6.45) is 4.26. The van der Waals surface area contributed by atoms with Gasteiger partial charge >= 0.3 is 0 Å². The summed E-state index contributed by atoms with van der Waals surface area (Å²) in [5.74, 6) is 2.96. The van der Waals surface area contributed by atoms with Gasteiger partial charge < -0.3 is 30.4 Å². The molecule has 3 aromatic heterocycles. The summed E-state index contributed by atoms with van der Waals surface area (Å²) in [7, 11) is 0. The number of aromatic nitrogens is 5. The molecule has 3 fully saturated rings. The molecule has 3 N–H and O–H groups in total. The third-order valence-electron chi connectivity index (χ3n) is 8.29. The number of nitrogens with zero attached hydrogens (tertiary/aromatic N) is 9. The molecule has 6 heterocycles. The first-order valence-corrected chi connectivity index (χ1v) is 14.1. The fraction of sp³-hybridized carbons (Fsp3) is 0.464. The lowest BCUT2D eigenvalue weighted by atomic mass is 9.98. The first kappa shape index (κ1) is 24.8. The average molecular weight is 543 g/mol. The molecule has 0 radical (unpaired) electrons. The second-order valence-electron chi connectivity index (χ2n) is 10.8. The number of oxime groups is 1. The van der Waals surface area contributed by atoms with Gasteiger partial charge in [0.05, 0.1) is 30.5 Å². The Kier molecular flexibility index (Phi) is 6.26. The fourth-order valence-corrected chi connectivity index (χ4v) is 6.04. The number of anilines is 3. The Morgan fingerprint density at radius 3 is 2.62 bits per heavy atom. The van der Waals surface area contributed by atoms with Gasteiger partial charge in [0.2, 0.25) is 11.7 Å². The molecule has 0 spiro atoms. The molecule has 40 heavy (non-hydrogen) atoms. The highest BCUT2D eigenvalue weighted by molar-refractivity contribution is 5.99. The summed E-state index contributed by atoms with van der Waals surface area (Å²) < 4.78 is 7.64. The molecule has 12 heteroatoms. The summed E-state index contributed by atoms with van der Waals surface area (Å²) >= 11 is 0. The fourth-order valence-electron chi connectivity index (χ4n) is 6.04. The Bertz CT molecular complexity index is 1590. The Morgan fingerprint density at radius 2 is 1.85 bits per heavy atom. The number of ether oxygens (including phenoxy) is 1. The van der Waals surface area contributed by atoms with Crippen molar-refractivity contribution in [2.75, 3.05) is 60.6 Å². The lowest BCUT2D eigenvalue weighted by Gasteiger charge is -2.36. The molecule has 208 valence electrons. The molecular weight excluding hydrogens is 508 g/mol. The minimum atomic E-state index is -0.108. The quantitative estimate of drug-likeness (QED) is 0.168. The van der Waals surface area contributed by atoms with E-state index in [1.807, 2.05) is 16.6 Å². The van der Waals surface area contributed by atoms with E-state index in [1.165, 1.54) is 6.42 Å². The van der Waals surface area contributed by atoms with Gasteiger partial charge in [0, 0.05) is 50.2 Å². The Hall–Kier alpha value is -4.19. The third kappa shape index (κ3) is 4.23. The van der Waals surface area contributed by atoms with Gasteiger partial charge in [-0.1, -0.05) is 17.3 Å². The largest absolute Gasteiger partial charge is 0.409 e. The topological polar surface area (TPSA) is 134 Å². The summed E-state index contributed by atoms with van der Waals surface area (Å²) in [6.45, 7) is 8.01. The molecule has 1 atom stereocenters. The van der Waals surface area contributed by atoms with E-state index in [0.29, 0.717) is 13.2 Å². The third-order valence-corrected chi connectivity index (χ3v) is 8.29. The number of benzene rings is 1. The minimum Gasteiger partial charge on any atom is -0.409 e. The van der Waals surface area contributed by atoms with Crippen molar-refractivity contribution in [1.29, 1.82) is 0 Å². The summed E-state index contributed by atoms with van der Waals surface area (Å²) in [5.41, 5.74) is 9.64. The molecule has 7 rings (SSSR count). The molecule has 0 amide bonds. The predicted octanol–water partition coefficient (Wildman–Crippen LogP) is 2.85. The van der Waals surface area contributed by atoms with E-state index < -0.39 is 0 Å². The first-order chi connectivity index (χ1) is 19.6. The van der Waals surface area contributed by atoms with Crippen LogP contribution in [0, 0.1) is 6.92 Å². The van der Waals surface area contributed by atoms with Crippen LogP contribution in [-0.4, -0.2) is 81.5 Å². The number of hydrogen-bond acceptors (Lipinski definition) is 10. The monoisotopic (exact) mass is 542 g/mol. The molecule has 3 saturated heterocycles.